The summed E-state index contributed by atoms with van der Waals surface area (Å²) >= 11 is 0. The Bertz CT molecular complexity index is 760. The van der Waals surface area contributed by atoms with Gasteiger partial charge in [-0.05, 0) is 43.3 Å². The highest BCUT2D eigenvalue weighted by Gasteiger charge is 2.22. The molecule has 144 valence electrons. The average Bonchev–Trinajstić information content (AvgIpc) is 2.68. The van der Waals surface area contributed by atoms with Gasteiger partial charge in [0.05, 0.1) is 20.3 Å². The van der Waals surface area contributed by atoms with Crippen LogP contribution in [0.3, 0.4) is 0 Å². The molecule has 1 saturated heterocycles. The summed E-state index contributed by atoms with van der Waals surface area (Å²) in [5.74, 6) is -0.305. The van der Waals surface area contributed by atoms with Gasteiger partial charge in [-0.3, -0.25) is 4.79 Å². The van der Waals surface area contributed by atoms with E-state index in [0.29, 0.717) is 6.54 Å². The zero-order valence-electron chi connectivity index (χ0n) is 15.9. The number of quaternary nitrogens is 1. The number of morpholine rings is 1. The minimum absolute atomic E-state index is 0.0528. The Balaban J connectivity index is 1.55. The normalized spacial score (nSPS) is 16.6. The molecular weight excluding hydrogens is 345 g/mol. The lowest BCUT2D eigenvalue weighted by molar-refractivity contribution is -0.907. The van der Waals surface area contributed by atoms with Crippen LogP contribution in [0.1, 0.15) is 12.5 Å². The Morgan fingerprint density at radius 3 is 2.59 bits per heavy atom. The molecule has 2 N–H and O–H groups in total. The van der Waals surface area contributed by atoms with Crippen molar-refractivity contribution in [1.82, 2.24) is 0 Å². The summed E-state index contributed by atoms with van der Waals surface area (Å²) in [6.07, 6.45) is 0. The molecule has 0 aliphatic carbocycles. The Labute approximate surface area is 159 Å². The second-order valence-electron chi connectivity index (χ2n) is 7.01. The monoisotopic (exact) mass is 372 g/mol. The number of hydrogen-bond donors (Lipinski definition) is 2. The van der Waals surface area contributed by atoms with Crippen molar-refractivity contribution in [3.05, 3.63) is 59.9 Å². The van der Waals surface area contributed by atoms with E-state index in [4.69, 9.17) is 4.74 Å². The number of halogens is 1. The lowest BCUT2D eigenvalue weighted by atomic mass is 10.1. The van der Waals surface area contributed by atoms with Gasteiger partial charge in [-0.2, -0.15) is 0 Å². The van der Waals surface area contributed by atoms with E-state index in [1.807, 2.05) is 44.3 Å². The number of benzene rings is 2. The molecule has 6 heteroatoms. The topological polar surface area (TPSA) is 46.0 Å². The van der Waals surface area contributed by atoms with Crippen LogP contribution in [-0.4, -0.2) is 45.3 Å². The number of nitrogens with one attached hydrogen (secondary N) is 2. The Hall–Kier alpha value is -2.44. The summed E-state index contributed by atoms with van der Waals surface area (Å²) in [6, 6.07) is 14.2. The quantitative estimate of drug-likeness (QED) is 0.812. The van der Waals surface area contributed by atoms with Crippen molar-refractivity contribution < 1.29 is 18.8 Å². The molecule has 0 spiro atoms. The van der Waals surface area contributed by atoms with Crippen LogP contribution < -0.4 is 15.1 Å². The summed E-state index contributed by atoms with van der Waals surface area (Å²) in [7, 11) is 1.94. The Kier molecular flexibility index (Phi) is 6.42. The first-order chi connectivity index (χ1) is 13.0. The van der Waals surface area contributed by atoms with E-state index in [1.54, 1.807) is 6.07 Å². The summed E-state index contributed by atoms with van der Waals surface area (Å²) < 4.78 is 18.7. The van der Waals surface area contributed by atoms with Crippen molar-refractivity contribution in [3.8, 4) is 0 Å². The van der Waals surface area contributed by atoms with Crippen LogP contribution in [-0.2, 0) is 16.1 Å². The van der Waals surface area contributed by atoms with E-state index in [2.05, 4.69) is 10.2 Å². The largest absolute Gasteiger partial charge is 0.378 e. The Morgan fingerprint density at radius 1 is 1.22 bits per heavy atom. The molecule has 5 nitrogen and oxygen atoms in total. The van der Waals surface area contributed by atoms with Crippen LogP contribution in [0.15, 0.2) is 48.5 Å². The third-order valence-corrected chi connectivity index (χ3v) is 5.02. The molecule has 1 unspecified atom stereocenters. The number of hydrogen-bond acceptors (Lipinski definition) is 3. The van der Waals surface area contributed by atoms with Gasteiger partial charge in [-0.25, -0.2) is 4.39 Å². The zero-order valence-corrected chi connectivity index (χ0v) is 15.9. The van der Waals surface area contributed by atoms with Crippen LogP contribution in [0.2, 0.25) is 0 Å². The van der Waals surface area contributed by atoms with Crippen LogP contribution >= 0.6 is 0 Å². The minimum atomic E-state index is -0.257. The summed E-state index contributed by atoms with van der Waals surface area (Å²) in [5.41, 5.74) is 2.79. The lowest BCUT2D eigenvalue weighted by Gasteiger charge is -2.29. The molecule has 27 heavy (non-hydrogen) atoms. The molecule has 1 heterocycles. The number of rotatable bonds is 6. The molecule has 1 aliphatic rings. The fraction of sp³-hybridized carbons (Fsp3) is 0.381. The second-order valence-corrected chi connectivity index (χ2v) is 7.01. The highest BCUT2D eigenvalue weighted by molar-refractivity contribution is 5.93. The van der Waals surface area contributed by atoms with E-state index in [-0.39, 0.29) is 17.8 Å². The van der Waals surface area contributed by atoms with Crippen LogP contribution in [0.4, 0.5) is 15.8 Å². The van der Waals surface area contributed by atoms with Gasteiger partial charge in [0, 0.05) is 30.0 Å². The van der Waals surface area contributed by atoms with Gasteiger partial charge < -0.3 is 19.9 Å². The SMILES string of the molecule is C[C@H](C(=O)Nc1ccc(N2CCOCC2)cc1)[NH+](C)Cc1cccc(F)c1. The average molecular weight is 372 g/mol. The maximum Gasteiger partial charge on any atom is 0.282 e. The van der Waals surface area contributed by atoms with Crippen molar-refractivity contribution in [2.24, 2.45) is 0 Å². The van der Waals surface area contributed by atoms with Gasteiger partial charge in [0.25, 0.3) is 5.91 Å². The lowest BCUT2D eigenvalue weighted by Crippen LogP contribution is -3.12. The number of ether oxygens (including phenoxy) is 1. The Morgan fingerprint density at radius 2 is 1.93 bits per heavy atom. The smallest absolute Gasteiger partial charge is 0.282 e. The predicted molar refractivity (Wildman–Crippen MR) is 105 cm³/mol. The molecule has 3 rings (SSSR count). The van der Waals surface area contributed by atoms with Crippen molar-refractivity contribution >= 4 is 17.3 Å². The predicted octanol–water partition coefficient (Wildman–Crippen LogP) is 1.70. The molecule has 1 fully saturated rings. The molecule has 0 radical (unpaired) electrons. The highest BCUT2D eigenvalue weighted by Crippen LogP contribution is 2.19. The van der Waals surface area contributed by atoms with E-state index in [0.717, 1.165) is 48.1 Å². The van der Waals surface area contributed by atoms with Crippen molar-refractivity contribution in [2.45, 2.75) is 19.5 Å². The third kappa shape index (κ3) is 5.28. The maximum atomic E-state index is 13.3. The first kappa shape index (κ1) is 19.3. The molecule has 0 bridgehead atoms. The number of nitrogens with zero attached hydrogens (tertiary/aromatic N) is 1. The maximum absolute atomic E-state index is 13.3. The van der Waals surface area contributed by atoms with Gasteiger partial charge in [-0.1, -0.05) is 12.1 Å². The van der Waals surface area contributed by atoms with E-state index < -0.39 is 0 Å². The summed E-state index contributed by atoms with van der Waals surface area (Å²) in [6.45, 7) is 5.73. The van der Waals surface area contributed by atoms with Crippen LogP contribution in [0.5, 0.6) is 0 Å². The number of amides is 1. The first-order valence-electron chi connectivity index (χ1n) is 9.33. The van der Waals surface area contributed by atoms with Crippen LogP contribution in [0, 0.1) is 5.82 Å². The molecule has 2 aromatic carbocycles. The van der Waals surface area contributed by atoms with Gasteiger partial charge >= 0.3 is 0 Å². The molecule has 1 amide bonds. The first-order valence-corrected chi connectivity index (χ1v) is 9.33. The van der Waals surface area contributed by atoms with Crippen molar-refractivity contribution in [2.75, 3.05) is 43.6 Å². The van der Waals surface area contributed by atoms with Crippen molar-refractivity contribution in [3.63, 3.8) is 0 Å². The van der Waals surface area contributed by atoms with Gasteiger partial charge in [-0.15, -0.1) is 0 Å². The van der Waals surface area contributed by atoms with Crippen molar-refractivity contribution in [1.29, 1.82) is 0 Å². The summed E-state index contributed by atoms with van der Waals surface area (Å²) in [5, 5.41) is 2.97. The van der Waals surface area contributed by atoms with E-state index in [9.17, 15) is 9.18 Å². The highest BCUT2D eigenvalue weighted by atomic mass is 19.1. The third-order valence-electron chi connectivity index (χ3n) is 5.02. The van der Waals surface area contributed by atoms with Crippen LogP contribution in [0.25, 0.3) is 0 Å². The van der Waals surface area contributed by atoms with E-state index >= 15 is 0 Å². The van der Waals surface area contributed by atoms with Gasteiger partial charge in [0.15, 0.2) is 6.04 Å². The molecular formula is C21H27FN3O2+. The van der Waals surface area contributed by atoms with Gasteiger partial charge in [0.2, 0.25) is 0 Å². The molecule has 2 aromatic rings. The number of likely N-dealkylation sites (N-methyl/N-ethyl adjacent to an activating group) is 1. The standard InChI is InChI=1S/C21H26FN3O2/c1-16(24(2)15-17-4-3-5-18(22)14-17)21(26)23-19-6-8-20(9-7-19)25-10-12-27-13-11-25/h3-9,14,16H,10-13,15H2,1-2H3,(H,23,26)/p+1/t16-/m1/s1. The fourth-order valence-electron chi connectivity index (χ4n) is 3.17. The second kappa shape index (κ2) is 8.97. The fourth-order valence-corrected chi connectivity index (χ4v) is 3.17. The molecule has 1 aliphatic heterocycles. The van der Waals surface area contributed by atoms with E-state index in [1.165, 1.54) is 12.1 Å². The minimum Gasteiger partial charge on any atom is -0.378 e. The zero-order chi connectivity index (χ0) is 19.2. The molecule has 0 aromatic heterocycles. The molecule has 2 atom stereocenters. The van der Waals surface area contributed by atoms with Gasteiger partial charge in [0.1, 0.15) is 12.4 Å². The molecule has 0 saturated carbocycles. The number of carbonyl (C=O) groups is 1. The number of anilines is 2. The number of carbonyl (C=O) groups excluding carboxylic acids is 1. The summed E-state index contributed by atoms with van der Waals surface area (Å²) in [4.78, 5) is 15.8.